The van der Waals surface area contributed by atoms with Crippen LogP contribution in [-0.2, 0) is 0 Å². The first-order valence-electron chi connectivity index (χ1n) is 7.80. The summed E-state index contributed by atoms with van der Waals surface area (Å²) >= 11 is 0. The molecule has 0 radical (unpaired) electrons. The average Bonchev–Trinajstić information content (AvgIpc) is 3.25. The Morgan fingerprint density at radius 2 is 2.00 bits per heavy atom. The Kier molecular flexibility index (Phi) is 4.50. The number of rotatable bonds is 5. The van der Waals surface area contributed by atoms with E-state index in [1.54, 1.807) is 31.5 Å². The molecule has 0 spiro atoms. The van der Waals surface area contributed by atoms with Gasteiger partial charge in [-0.2, -0.15) is 5.10 Å². The number of hydrogen-bond acceptors (Lipinski definition) is 4. The van der Waals surface area contributed by atoms with E-state index in [0.29, 0.717) is 23.1 Å². The second kappa shape index (κ2) is 6.73. The van der Waals surface area contributed by atoms with Crippen molar-refractivity contribution in [1.29, 1.82) is 0 Å². The van der Waals surface area contributed by atoms with E-state index in [2.05, 4.69) is 10.4 Å². The van der Waals surface area contributed by atoms with E-state index >= 15 is 0 Å². The van der Waals surface area contributed by atoms with Gasteiger partial charge in [0.1, 0.15) is 17.3 Å². The molecule has 0 aliphatic heterocycles. The molecule has 1 fully saturated rings. The molecule has 1 saturated carbocycles. The number of methoxy groups -OCH3 is 2. The van der Waals surface area contributed by atoms with E-state index in [-0.39, 0.29) is 5.91 Å². The summed E-state index contributed by atoms with van der Waals surface area (Å²) in [5.41, 5.74) is 0.465. The summed E-state index contributed by atoms with van der Waals surface area (Å²) in [7, 11) is 3.11. The van der Waals surface area contributed by atoms with Crippen LogP contribution in [-0.4, -0.2) is 29.9 Å². The number of ether oxygens (including phenoxy) is 2. The molecule has 1 N–H and O–H groups in total. The minimum atomic E-state index is -0.218. The van der Waals surface area contributed by atoms with Gasteiger partial charge in [0.05, 0.1) is 32.0 Å². The third-order valence-electron chi connectivity index (χ3n) is 4.24. The summed E-state index contributed by atoms with van der Waals surface area (Å²) in [5.74, 6) is 1.63. The van der Waals surface area contributed by atoms with Gasteiger partial charge in [-0.3, -0.25) is 4.79 Å². The topological polar surface area (TPSA) is 65.4 Å². The summed E-state index contributed by atoms with van der Waals surface area (Å²) < 4.78 is 12.4. The molecule has 1 aromatic carbocycles. The third-order valence-corrected chi connectivity index (χ3v) is 4.24. The molecule has 2 aromatic rings. The first kappa shape index (κ1) is 15.4. The molecular weight excluding hydrogens is 294 g/mol. The highest BCUT2D eigenvalue weighted by Crippen LogP contribution is 2.32. The van der Waals surface area contributed by atoms with E-state index in [1.165, 1.54) is 20.0 Å². The SMILES string of the molecule is COc1ccc(C(=O)Nc2ccnn2C2CCCC2)c(OC)c1. The second-order valence-corrected chi connectivity index (χ2v) is 5.62. The lowest BCUT2D eigenvalue weighted by Crippen LogP contribution is -2.18. The van der Waals surface area contributed by atoms with E-state index in [9.17, 15) is 4.79 Å². The molecule has 6 nitrogen and oxygen atoms in total. The summed E-state index contributed by atoms with van der Waals surface area (Å²) in [4.78, 5) is 12.6. The zero-order valence-corrected chi connectivity index (χ0v) is 13.4. The number of nitrogens with one attached hydrogen (secondary N) is 1. The van der Waals surface area contributed by atoms with Crippen LogP contribution in [0.15, 0.2) is 30.5 Å². The first-order valence-corrected chi connectivity index (χ1v) is 7.80. The molecule has 3 rings (SSSR count). The Bertz CT molecular complexity index is 690. The minimum Gasteiger partial charge on any atom is -0.497 e. The van der Waals surface area contributed by atoms with Gasteiger partial charge in [0, 0.05) is 12.1 Å². The fourth-order valence-corrected chi connectivity index (χ4v) is 3.02. The van der Waals surface area contributed by atoms with Gasteiger partial charge >= 0.3 is 0 Å². The highest BCUT2D eigenvalue weighted by atomic mass is 16.5. The van der Waals surface area contributed by atoms with Crippen LogP contribution < -0.4 is 14.8 Å². The predicted molar refractivity (Wildman–Crippen MR) is 87.2 cm³/mol. The maximum Gasteiger partial charge on any atom is 0.260 e. The van der Waals surface area contributed by atoms with E-state index in [0.717, 1.165) is 18.7 Å². The molecule has 0 unspecified atom stereocenters. The number of nitrogens with zero attached hydrogens (tertiary/aromatic N) is 2. The van der Waals surface area contributed by atoms with Crippen LogP contribution in [0.3, 0.4) is 0 Å². The van der Waals surface area contributed by atoms with Crippen LogP contribution in [0.4, 0.5) is 5.82 Å². The molecular formula is C17H21N3O3. The van der Waals surface area contributed by atoms with E-state index < -0.39 is 0 Å². The number of benzene rings is 1. The lowest BCUT2D eigenvalue weighted by Gasteiger charge is -2.15. The fraction of sp³-hybridized carbons (Fsp3) is 0.412. The summed E-state index contributed by atoms with van der Waals surface area (Å²) in [6, 6.07) is 7.34. The van der Waals surface area contributed by atoms with Crippen LogP contribution in [0.25, 0.3) is 0 Å². The average molecular weight is 315 g/mol. The number of aromatic nitrogens is 2. The molecule has 0 atom stereocenters. The van der Waals surface area contributed by atoms with Crippen molar-refractivity contribution in [1.82, 2.24) is 9.78 Å². The van der Waals surface area contributed by atoms with Gasteiger partial charge in [0.15, 0.2) is 0 Å². The molecule has 1 heterocycles. The number of amides is 1. The Morgan fingerprint density at radius 1 is 1.22 bits per heavy atom. The van der Waals surface area contributed by atoms with E-state index in [4.69, 9.17) is 9.47 Å². The molecule has 0 bridgehead atoms. The predicted octanol–water partition coefficient (Wildman–Crippen LogP) is 3.27. The Hall–Kier alpha value is -2.50. The lowest BCUT2D eigenvalue weighted by atomic mass is 10.1. The molecule has 0 saturated heterocycles. The van der Waals surface area contributed by atoms with Crippen molar-refractivity contribution in [2.45, 2.75) is 31.7 Å². The zero-order chi connectivity index (χ0) is 16.2. The number of carbonyl (C=O) groups is 1. The van der Waals surface area contributed by atoms with Crippen LogP contribution in [0, 0.1) is 0 Å². The Morgan fingerprint density at radius 3 is 2.70 bits per heavy atom. The molecule has 6 heteroatoms. The quantitative estimate of drug-likeness (QED) is 0.919. The Labute approximate surface area is 135 Å². The standard InChI is InChI=1S/C17H21N3O3/c1-22-13-7-8-14(15(11-13)23-2)17(21)19-16-9-10-18-20(16)12-5-3-4-6-12/h7-12H,3-6H2,1-2H3,(H,19,21). The molecule has 1 aliphatic carbocycles. The third kappa shape index (κ3) is 3.16. The number of carbonyl (C=O) groups excluding carboxylic acids is 1. The van der Waals surface area contributed by atoms with Crippen molar-refractivity contribution in [2.24, 2.45) is 0 Å². The van der Waals surface area contributed by atoms with Gasteiger partial charge in [0.2, 0.25) is 0 Å². The van der Waals surface area contributed by atoms with Crippen molar-refractivity contribution in [2.75, 3.05) is 19.5 Å². The molecule has 122 valence electrons. The number of anilines is 1. The summed E-state index contributed by atoms with van der Waals surface area (Å²) in [5, 5.41) is 7.30. The zero-order valence-electron chi connectivity index (χ0n) is 13.4. The smallest absolute Gasteiger partial charge is 0.260 e. The summed E-state index contributed by atoms with van der Waals surface area (Å²) in [6.45, 7) is 0. The van der Waals surface area contributed by atoms with Crippen molar-refractivity contribution in [3.8, 4) is 11.5 Å². The molecule has 1 aromatic heterocycles. The van der Waals surface area contributed by atoms with Crippen molar-refractivity contribution in [3.63, 3.8) is 0 Å². The maximum absolute atomic E-state index is 12.6. The summed E-state index contributed by atoms with van der Waals surface area (Å²) in [6.07, 6.45) is 6.36. The van der Waals surface area contributed by atoms with Gasteiger partial charge < -0.3 is 14.8 Å². The molecule has 1 amide bonds. The van der Waals surface area contributed by atoms with Gasteiger partial charge in [-0.25, -0.2) is 4.68 Å². The van der Waals surface area contributed by atoms with Crippen LogP contribution in [0.5, 0.6) is 11.5 Å². The van der Waals surface area contributed by atoms with Crippen molar-refractivity contribution in [3.05, 3.63) is 36.0 Å². The normalized spacial score (nSPS) is 14.7. The van der Waals surface area contributed by atoms with Crippen LogP contribution in [0.1, 0.15) is 42.1 Å². The fourth-order valence-electron chi connectivity index (χ4n) is 3.02. The van der Waals surface area contributed by atoms with Gasteiger partial charge in [-0.05, 0) is 25.0 Å². The van der Waals surface area contributed by atoms with E-state index in [1.807, 2.05) is 10.7 Å². The first-order chi connectivity index (χ1) is 11.2. The van der Waals surface area contributed by atoms with Crippen molar-refractivity contribution < 1.29 is 14.3 Å². The van der Waals surface area contributed by atoms with Gasteiger partial charge in [-0.1, -0.05) is 12.8 Å². The monoisotopic (exact) mass is 315 g/mol. The maximum atomic E-state index is 12.6. The van der Waals surface area contributed by atoms with Gasteiger partial charge in [-0.15, -0.1) is 0 Å². The highest BCUT2D eigenvalue weighted by Gasteiger charge is 2.21. The van der Waals surface area contributed by atoms with Crippen LogP contribution >= 0.6 is 0 Å². The minimum absolute atomic E-state index is 0.218. The molecule has 23 heavy (non-hydrogen) atoms. The van der Waals surface area contributed by atoms with Gasteiger partial charge in [0.25, 0.3) is 5.91 Å². The Balaban J connectivity index is 1.81. The molecule has 1 aliphatic rings. The van der Waals surface area contributed by atoms with Crippen molar-refractivity contribution >= 4 is 11.7 Å². The second-order valence-electron chi connectivity index (χ2n) is 5.62. The van der Waals surface area contributed by atoms with Crippen LogP contribution in [0.2, 0.25) is 0 Å². The highest BCUT2D eigenvalue weighted by molar-refractivity contribution is 6.05. The number of hydrogen-bond donors (Lipinski definition) is 1. The largest absolute Gasteiger partial charge is 0.497 e. The lowest BCUT2D eigenvalue weighted by molar-refractivity contribution is 0.102.